The first-order valence-corrected chi connectivity index (χ1v) is 5.07. The van der Waals surface area contributed by atoms with E-state index in [0.29, 0.717) is 0 Å². The predicted octanol–water partition coefficient (Wildman–Crippen LogP) is 2.09. The fourth-order valence-corrected chi connectivity index (χ4v) is 1.50. The van der Waals surface area contributed by atoms with Crippen molar-refractivity contribution in [2.75, 3.05) is 0 Å². The second-order valence-electron chi connectivity index (χ2n) is 3.70. The lowest BCUT2D eigenvalue weighted by atomic mass is 10.0. The normalized spacial score (nSPS) is 10.6. The maximum absolute atomic E-state index is 11.2. The molecule has 2 N–H and O–H groups in total. The van der Waals surface area contributed by atoms with Crippen LogP contribution in [-0.2, 0) is 4.79 Å². The lowest BCUT2D eigenvalue weighted by Crippen LogP contribution is -2.07. The lowest BCUT2D eigenvalue weighted by molar-refractivity contribution is -0.117. The van der Waals surface area contributed by atoms with Crippen molar-refractivity contribution >= 4 is 17.8 Å². The number of primary amides is 1. The number of rotatable bonds is 4. The molecule has 0 unspecified atom stereocenters. The van der Waals surface area contributed by atoms with Gasteiger partial charge in [0.1, 0.15) is 0 Å². The zero-order valence-electron chi connectivity index (χ0n) is 9.49. The fraction of sp³-hybridized carbons (Fsp3) is 0.231. The van der Waals surface area contributed by atoms with Gasteiger partial charge >= 0.3 is 0 Å². The molecule has 0 aliphatic heterocycles. The Hall–Kier alpha value is -1.90. The van der Waals surface area contributed by atoms with Gasteiger partial charge in [0.25, 0.3) is 0 Å². The number of amides is 1. The number of hydrogen-bond donors (Lipinski definition) is 1. The highest BCUT2D eigenvalue weighted by Crippen LogP contribution is 2.13. The minimum absolute atomic E-state index is 0.0603. The summed E-state index contributed by atoms with van der Waals surface area (Å²) in [4.78, 5) is 21.7. The van der Waals surface area contributed by atoms with Crippen molar-refractivity contribution in [3.63, 3.8) is 0 Å². The van der Waals surface area contributed by atoms with Gasteiger partial charge in [0.15, 0.2) is 5.78 Å². The largest absolute Gasteiger partial charge is 0.369 e. The fourth-order valence-electron chi connectivity index (χ4n) is 1.50. The number of Topliss-reactive ketones (excluding diaryl/α,β-unsaturated/α-hetero) is 1. The quantitative estimate of drug-likeness (QED) is 0.785. The Kier molecular flexibility index (Phi) is 4.00. The van der Waals surface area contributed by atoms with Crippen LogP contribution < -0.4 is 5.73 Å². The van der Waals surface area contributed by atoms with Crippen LogP contribution in [0.1, 0.15) is 34.8 Å². The summed E-state index contributed by atoms with van der Waals surface area (Å²) in [7, 11) is 0. The van der Waals surface area contributed by atoms with Crippen molar-refractivity contribution in [1.82, 2.24) is 0 Å². The van der Waals surface area contributed by atoms with Gasteiger partial charge in [0.05, 0.1) is 0 Å². The van der Waals surface area contributed by atoms with E-state index in [-0.39, 0.29) is 18.1 Å². The van der Waals surface area contributed by atoms with Gasteiger partial charge < -0.3 is 5.73 Å². The van der Waals surface area contributed by atoms with Crippen LogP contribution in [-0.4, -0.2) is 11.7 Å². The van der Waals surface area contributed by atoms with E-state index in [0.717, 1.165) is 16.7 Å². The second-order valence-corrected chi connectivity index (χ2v) is 3.70. The summed E-state index contributed by atoms with van der Waals surface area (Å²) < 4.78 is 0. The molecular formula is C13H15NO2. The molecule has 0 aliphatic rings. The van der Waals surface area contributed by atoms with Crippen LogP contribution in [0.3, 0.4) is 0 Å². The summed E-state index contributed by atoms with van der Waals surface area (Å²) in [6.45, 7) is 3.44. The van der Waals surface area contributed by atoms with Gasteiger partial charge in [-0.05, 0) is 25.0 Å². The third-order valence-corrected chi connectivity index (χ3v) is 2.26. The Labute approximate surface area is 95.0 Å². The van der Waals surface area contributed by atoms with Crippen molar-refractivity contribution in [2.45, 2.75) is 20.3 Å². The van der Waals surface area contributed by atoms with Crippen LogP contribution in [0.2, 0.25) is 0 Å². The van der Waals surface area contributed by atoms with Crippen molar-refractivity contribution < 1.29 is 9.59 Å². The van der Waals surface area contributed by atoms with E-state index >= 15 is 0 Å². The zero-order valence-corrected chi connectivity index (χ0v) is 9.49. The summed E-state index contributed by atoms with van der Waals surface area (Å²) >= 11 is 0. The third kappa shape index (κ3) is 3.35. The maximum atomic E-state index is 11.2. The molecule has 3 heteroatoms. The van der Waals surface area contributed by atoms with Crippen LogP contribution in [0.4, 0.5) is 0 Å². The summed E-state index contributed by atoms with van der Waals surface area (Å²) in [5.41, 5.74) is 7.64. The standard InChI is InChI=1S/C13H15NO2/c1-9-8-11(4-3-5-13(14)16)6-7-12(9)10(2)15/h3-4,6-8H,5H2,1-2H3,(H2,14,16). The van der Waals surface area contributed by atoms with Crippen LogP contribution >= 0.6 is 0 Å². The Morgan fingerprint density at radius 3 is 2.56 bits per heavy atom. The first-order chi connectivity index (χ1) is 7.50. The molecule has 84 valence electrons. The van der Waals surface area contributed by atoms with Crippen LogP contribution in [0.25, 0.3) is 6.08 Å². The molecule has 0 bridgehead atoms. The molecular weight excluding hydrogens is 202 g/mol. The molecule has 0 saturated heterocycles. The summed E-state index contributed by atoms with van der Waals surface area (Å²) in [6.07, 6.45) is 3.76. The number of hydrogen-bond acceptors (Lipinski definition) is 2. The molecule has 1 rings (SSSR count). The average molecular weight is 217 g/mol. The minimum Gasteiger partial charge on any atom is -0.369 e. The molecule has 0 radical (unpaired) electrons. The third-order valence-electron chi connectivity index (χ3n) is 2.26. The van der Waals surface area contributed by atoms with Crippen molar-refractivity contribution in [1.29, 1.82) is 0 Å². The van der Waals surface area contributed by atoms with E-state index in [2.05, 4.69) is 0 Å². The molecule has 0 spiro atoms. The first-order valence-electron chi connectivity index (χ1n) is 5.07. The SMILES string of the molecule is CC(=O)c1ccc(C=CCC(N)=O)cc1C. The van der Waals surface area contributed by atoms with E-state index in [4.69, 9.17) is 5.73 Å². The van der Waals surface area contributed by atoms with E-state index in [1.807, 2.05) is 25.1 Å². The van der Waals surface area contributed by atoms with Crippen molar-refractivity contribution in [3.8, 4) is 0 Å². The molecule has 0 fully saturated rings. The van der Waals surface area contributed by atoms with Gasteiger partial charge in [0, 0.05) is 12.0 Å². The highest BCUT2D eigenvalue weighted by atomic mass is 16.1. The molecule has 0 heterocycles. The van der Waals surface area contributed by atoms with Crippen LogP contribution in [0, 0.1) is 6.92 Å². The van der Waals surface area contributed by atoms with E-state index < -0.39 is 0 Å². The maximum Gasteiger partial charge on any atom is 0.221 e. The summed E-state index contributed by atoms with van der Waals surface area (Å²) in [5, 5.41) is 0. The Morgan fingerprint density at radius 1 is 1.38 bits per heavy atom. The highest BCUT2D eigenvalue weighted by Gasteiger charge is 2.02. The second kappa shape index (κ2) is 5.26. The van der Waals surface area contributed by atoms with Crippen molar-refractivity contribution in [2.24, 2.45) is 5.73 Å². The van der Waals surface area contributed by atoms with Crippen LogP contribution in [0.5, 0.6) is 0 Å². The van der Waals surface area contributed by atoms with E-state index in [9.17, 15) is 9.59 Å². The summed E-state index contributed by atoms with van der Waals surface area (Å²) in [5.74, 6) is -0.293. The molecule has 0 saturated carbocycles. The molecule has 0 aliphatic carbocycles. The molecule has 1 aromatic rings. The van der Waals surface area contributed by atoms with Crippen molar-refractivity contribution in [3.05, 3.63) is 41.0 Å². The minimum atomic E-state index is -0.353. The number of ketones is 1. The van der Waals surface area contributed by atoms with Gasteiger partial charge in [-0.3, -0.25) is 9.59 Å². The number of carbonyl (C=O) groups excluding carboxylic acids is 2. The van der Waals surface area contributed by atoms with Gasteiger partial charge in [-0.15, -0.1) is 0 Å². The van der Waals surface area contributed by atoms with Gasteiger partial charge in [0.2, 0.25) is 5.91 Å². The van der Waals surface area contributed by atoms with Crippen LogP contribution in [0.15, 0.2) is 24.3 Å². The number of nitrogens with two attached hydrogens (primary N) is 1. The molecule has 0 atom stereocenters. The molecule has 16 heavy (non-hydrogen) atoms. The average Bonchev–Trinajstić information content (AvgIpc) is 2.16. The van der Waals surface area contributed by atoms with Gasteiger partial charge in [-0.25, -0.2) is 0 Å². The summed E-state index contributed by atoms with van der Waals surface area (Å²) in [6, 6.07) is 5.55. The monoisotopic (exact) mass is 217 g/mol. The molecule has 1 aromatic carbocycles. The lowest BCUT2D eigenvalue weighted by Gasteiger charge is -2.02. The van der Waals surface area contributed by atoms with Gasteiger partial charge in [-0.1, -0.05) is 30.4 Å². The number of benzene rings is 1. The Balaban J connectivity index is 2.85. The topological polar surface area (TPSA) is 60.2 Å². The Bertz CT molecular complexity index is 447. The first kappa shape index (κ1) is 12.2. The molecule has 3 nitrogen and oxygen atoms in total. The number of carbonyl (C=O) groups is 2. The van der Waals surface area contributed by atoms with Gasteiger partial charge in [-0.2, -0.15) is 0 Å². The number of aryl methyl sites for hydroxylation is 1. The highest BCUT2D eigenvalue weighted by molar-refractivity contribution is 5.95. The molecule has 0 aromatic heterocycles. The Morgan fingerprint density at radius 2 is 2.06 bits per heavy atom. The predicted molar refractivity (Wildman–Crippen MR) is 64.0 cm³/mol. The van der Waals surface area contributed by atoms with E-state index in [1.165, 1.54) is 0 Å². The van der Waals surface area contributed by atoms with E-state index in [1.54, 1.807) is 19.1 Å². The zero-order chi connectivity index (χ0) is 12.1. The molecule has 1 amide bonds. The smallest absolute Gasteiger partial charge is 0.221 e.